The second-order valence-electron chi connectivity index (χ2n) is 5.52. The molecule has 21 heavy (non-hydrogen) atoms. The van der Waals surface area contributed by atoms with Gasteiger partial charge in [-0.15, -0.1) is 0 Å². The normalized spacial score (nSPS) is 15.6. The van der Waals surface area contributed by atoms with Crippen LogP contribution in [0.1, 0.15) is 40.7 Å². The topological polar surface area (TPSA) is 55.1 Å². The van der Waals surface area contributed by atoms with Gasteiger partial charge in [0.15, 0.2) is 0 Å². The Kier molecular flexibility index (Phi) is 5.33. The monoisotopic (exact) mass is 302 g/mol. The van der Waals surface area contributed by atoms with Crippen molar-refractivity contribution in [2.24, 2.45) is 5.73 Å². The van der Waals surface area contributed by atoms with Crippen molar-refractivity contribution in [2.75, 3.05) is 19.3 Å². The quantitative estimate of drug-likeness (QED) is 0.839. The molecule has 4 heteroatoms. The lowest BCUT2D eigenvalue weighted by atomic mass is 9.84. The van der Waals surface area contributed by atoms with E-state index in [1.165, 1.54) is 19.3 Å². The molecule has 1 amide bonds. The van der Waals surface area contributed by atoms with Crippen molar-refractivity contribution >= 4 is 17.7 Å². The Balaban J connectivity index is 2.06. The summed E-state index contributed by atoms with van der Waals surface area (Å²) in [6, 6.07) is 5.70. The zero-order valence-electron chi connectivity index (χ0n) is 12.7. The number of nitrogens with one attached hydrogen (secondary N) is 1. The smallest absolute Gasteiger partial charge is 0.251 e. The van der Waals surface area contributed by atoms with Crippen LogP contribution in [0.3, 0.4) is 0 Å². The van der Waals surface area contributed by atoms with Gasteiger partial charge in [-0.1, -0.05) is 18.3 Å². The van der Waals surface area contributed by atoms with E-state index in [9.17, 15) is 4.79 Å². The van der Waals surface area contributed by atoms with Crippen LogP contribution >= 0.6 is 11.8 Å². The molecule has 0 atom stereocenters. The second-order valence-corrected chi connectivity index (χ2v) is 6.79. The Hall–Kier alpha value is -1.44. The van der Waals surface area contributed by atoms with Gasteiger partial charge in [0.25, 0.3) is 5.91 Å². The molecule has 0 radical (unpaired) electrons. The average molecular weight is 302 g/mol. The summed E-state index contributed by atoms with van der Waals surface area (Å²) >= 11 is 1.86. The molecule has 112 valence electrons. The molecule has 1 aromatic rings. The third kappa shape index (κ3) is 4.03. The number of benzene rings is 1. The minimum atomic E-state index is -0.0187. The zero-order valence-corrected chi connectivity index (χ0v) is 13.5. The van der Waals surface area contributed by atoms with E-state index in [0.29, 0.717) is 12.1 Å². The van der Waals surface area contributed by atoms with E-state index in [1.807, 2.05) is 36.9 Å². The van der Waals surface area contributed by atoms with Gasteiger partial charge in [0.05, 0.1) is 6.54 Å². The van der Waals surface area contributed by atoms with E-state index in [2.05, 4.69) is 23.4 Å². The van der Waals surface area contributed by atoms with Crippen LogP contribution in [0.15, 0.2) is 18.2 Å². The van der Waals surface area contributed by atoms with Crippen LogP contribution in [-0.4, -0.2) is 30.0 Å². The fourth-order valence-electron chi connectivity index (χ4n) is 2.51. The molecule has 2 rings (SSSR count). The Labute approximate surface area is 131 Å². The Bertz CT molecular complexity index is 577. The Morgan fingerprint density at radius 2 is 2.19 bits per heavy atom. The molecular formula is C17H22N2OS. The molecule has 0 saturated heterocycles. The highest BCUT2D eigenvalue weighted by atomic mass is 32.2. The first-order valence-corrected chi connectivity index (χ1v) is 8.45. The number of carbonyl (C=O) groups is 1. The molecule has 0 aliphatic heterocycles. The van der Waals surface area contributed by atoms with Crippen LogP contribution in [0.4, 0.5) is 0 Å². The lowest BCUT2D eigenvalue weighted by Crippen LogP contribution is -2.45. The molecule has 0 spiro atoms. The van der Waals surface area contributed by atoms with Crippen molar-refractivity contribution in [1.29, 1.82) is 0 Å². The first-order chi connectivity index (χ1) is 10.1. The maximum Gasteiger partial charge on any atom is 0.251 e. The maximum absolute atomic E-state index is 12.3. The molecule has 1 aliphatic rings. The van der Waals surface area contributed by atoms with Crippen molar-refractivity contribution in [2.45, 2.75) is 30.9 Å². The first-order valence-electron chi connectivity index (χ1n) is 7.22. The SMILES string of the molecule is CSC1(CNC(=O)c2cc(C)cc(C#CCN)c2)CCC1. The van der Waals surface area contributed by atoms with Gasteiger partial charge >= 0.3 is 0 Å². The summed E-state index contributed by atoms with van der Waals surface area (Å²) < 4.78 is 0.252. The van der Waals surface area contributed by atoms with Crippen LogP contribution in [-0.2, 0) is 0 Å². The second kappa shape index (κ2) is 7.02. The van der Waals surface area contributed by atoms with Gasteiger partial charge in [-0.3, -0.25) is 4.79 Å². The molecule has 1 saturated carbocycles. The highest BCUT2D eigenvalue weighted by molar-refractivity contribution is 8.00. The summed E-state index contributed by atoms with van der Waals surface area (Å²) in [5, 5.41) is 3.07. The van der Waals surface area contributed by atoms with Crippen molar-refractivity contribution in [3.63, 3.8) is 0 Å². The Morgan fingerprint density at radius 1 is 1.43 bits per heavy atom. The summed E-state index contributed by atoms with van der Waals surface area (Å²) in [4.78, 5) is 12.3. The van der Waals surface area contributed by atoms with E-state index in [1.54, 1.807) is 0 Å². The fourth-order valence-corrected chi connectivity index (χ4v) is 3.42. The molecule has 3 N–H and O–H groups in total. The van der Waals surface area contributed by atoms with Crippen molar-refractivity contribution in [1.82, 2.24) is 5.32 Å². The highest BCUT2D eigenvalue weighted by Gasteiger charge is 2.36. The molecule has 1 fully saturated rings. The summed E-state index contributed by atoms with van der Waals surface area (Å²) in [6.45, 7) is 3.04. The zero-order chi connectivity index (χ0) is 15.3. The minimum absolute atomic E-state index is 0.0187. The first kappa shape index (κ1) is 15.9. The van der Waals surface area contributed by atoms with E-state index in [-0.39, 0.29) is 10.7 Å². The molecule has 1 aliphatic carbocycles. The molecule has 0 bridgehead atoms. The fraction of sp³-hybridized carbons (Fsp3) is 0.471. The van der Waals surface area contributed by atoms with Gasteiger partial charge in [-0.05, 0) is 49.8 Å². The van der Waals surface area contributed by atoms with E-state index in [0.717, 1.165) is 17.7 Å². The number of amides is 1. The van der Waals surface area contributed by atoms with Gasteiger partial charge in [-0.2, -0.15) is 11.8 Å². The van der Waals surface area contributed by atoms with Gasteiger partial charge < -0.3 is 11.1 Å². The molecular weight excluding hydrogens is 280 g/mol. The standard InChI is InChI=1S/C17H22N2OS/c1-13-9-14(5-3-8-18)11-15(10-13)16(20)19-12-17(21-2)6-4-7-17/h9-11H,4,6-8,12,18H2,1-2H3,(H,19,20). The largest absolute Gasteiger partial charge is 0.351 e. The van der Waals surface area contributed by atoms with E-state index < -0.39 is 0 Å². The lowest BCUT2D eigenvalue weighted by Gasteiger charge is -2.40. The lowest BCUT2D eigenvalue weighted by molar-refractivity contribution is 0.0944. The maximum atomic E-state index is 12.3. The number of rotatable bonds is 4. The molecule has 0 heterocycles. The van der Waals surface area contributed by atoms with Gasteiger partial charge in [0, 0.05) is 22.4 Å². The average Bonchev–Trinajstić information content (AvgIpc) is 2.43. The number of hydrogen-bond acceptors (Lipinski definition) is 3. The summed E-state index contributed by atoms with van der Waals surface area (Å²) in [5.41, 5.74) is 7.94. The van der Waals surface area contributed by atoms with Crippen LogP contribution < -0.4 is 11.1 Å². The van der Waals surface area contributed by atoms with Crippen molar-refractivity contribution in [3.05, 3.63) is 34.9 Å². The predicted octanol–water partition coefficient (Wildman–Crippen LogP) is 2.32. The van der Waals surface area contributed by atoms with Crippen LogP contribution in [0.2, 0.25) is 0 Å². The number of carbonyl (C=O) groups excluding carboxylic acids is 1. The third-order valence-corrected chi connectivity index (χ3v) is 5.36. The van der Waals surface area contributed by atoms with Crippen LogP contribution in [0.25, 0.3) is 0 Å². The number of hydrogen-bond donors (Lipinski definition) is 2. The number of nitrogens with two attached hydrogens (primary N) is 1. The Morgan fingerprint density at radius 3 is 2.76 bits per heavy atom. The molecule has 0 aromatic heterocycles. The van der Waals surface area contributed by atoms with Crippen LogP contribution in [0.5, 0.6) is 0 Å². The summed E-state index contributed by atoms with van der Waals surface area (Å²) in [7, 11) is 0. The van der Waals surface area contributed by atoms with Crippen LogP contribution in [0, 0.1) is 18.8 Å². The highest BCUT2D eigenvalue weighted by Crippen LogP contribution is 2.42. The number of aryl methyl sites for hydroxylation is 1. The summed E-state index contributed by atoms with van der Waals surface area (Å²) in [5.74, 6) is 5.79. The van der Waals surface area contributed by atoms with Gasteiger partial charge in [-0.25, -0.2) is 0 Å². The molecule has 0 unspecified atom stereocenters. The number of thioether (sulfide) groups is 1. The van der Waals surface area contributed by atoms with Crippen molar-refractivity contribution in [3.8, 4) is 11.8 Å². The third-order valence-electron chi connectivity index (χ3n) is 3.94. The molecule has 1 aromatic carbocycles. The summed E-state index contributed by atoms with van der Waals surface area (Å²) in [6.07, 6.45) is 5.77. The van der Waals surface area contributed by atoms with E-state index >= 15 is 0 Å². The minimum Gasteiger partial charge on any atom is -0.351 e. The van der Waals surface area contributed by atoms with E-state index in [4.69, 9.17) is 5.73 Å². The van der Waals surface area contributed by atoms with Gasteiger partial charge in [0.1, 0.15) is 0 Å². The van der Waals surface area contributed by atoms with Gasteiger partial charge in [0.2, 0.25) is 0 Å². The van der Waals surface area contributed by atoms with Crippen molar-refractivity contribution < 1.29 is 4.79 Å². The predicted molar refractivity (Wildman–Crippen MR) is 89.5 cm³/mol. The molecule has 3 nitrogen and oxygen atoms in total.